The number of carbonyl (C=O) groups is 1. The summed E-state index contributed by atoms with van der Waals surface area (Å²) in [5.41, 5.74) is 7.76. The number of aromatic nitrogens is 1. The van der Waals surface area contributed by atoms with Gasteiger partial charge in [0.25, 0.3) is 5.91 Å². The Hall–Kier alpha value is -2.75. The molecule has 4 heteroatoms. The Labute approximate surface area is 116 Å². The number of carbonyl (C=O) groups excluding carboxylic acids is 1. The number of hydrogen-bond donors (Lipinski definition) is 1. The lowest BCUT2D eigenvalue weighted by Crippen LogP contribution is -2.10. The Balaban J connectivity index is 2.34. The molecule has 4 nitrogen and oxygen atoms in total. The Bertz CT molecular complexity index is 790. The quantitative estimate of drug-likeness (QED) is 0.792. The first-order chi connectivity index (χ1) is 9.72. The molecule has 0 bridgehead atoms. The topological polar surface area (TPSA) is 57.2 Å². The van der Waals surface area contributed by atoms with Crippen LogP contribution in [-0.4, -0.2) is 17.6 Å². The van der Waals surface area contributed by atoms with Crippen LogP contribution in [0.4, 0.5) is 0 Å². The number of primary amides is 1. The molecule has 1 aromatic heterocycles. The highest BCUT2D eigenvalue weighted by Crippen LogP contribution is 2.29. The molecule has 2 N–H and O–H groups in total. The number of rotatable bonds is 3. The first-order valence-corrected chi connectivity index (χ1v) is 6.25. The van der Waals surface area contributed by atoms with Crippen molar-refractivity contribution in [1.29, 1.82) is 0 Å². The van der Waals surface area contributed by atoms with Gasteiger partial charge in [0.1, 0.15) is 5.75 Å². The van der Waals surface area contributed by atoms with Crippen molar-refractivity contribution in [1.82, 2.24) is 4.57 Å². The standard InChI is InChI=1S/C16H14N2O2/c1-20-15-9-5-4-8-14(15)18-10-12(16(17)19)11-6-2-3-7-13(11)18/h2-10H,1H3,(H2,17,19). The van der Waals surface area contributed by atoms with E-state index in [4.69, 9.17) is 10.5 Å². The zero-order chi connectivity index (χ0) is 14.1. The van der Waals surface area contributed by atoms with Crippen LogP contribution in [0.2, 0.25) is 0 Å². The first-order valence-electron chi connectivity index (χ1n) is 6.25. The molecule has 0 aliphatic heterocycles. The van der Waals surface area contributed by atoms with E-state index >= 15 is 0 Å². The predicted octanol–water partition coefficient (Wildman–Crippen LogP) is 2.74. The molecule has 100 valence electrons. The van der Waals surface area contributed by atoms with Gasteiger partial charge in [-0.1, -0.05) is 30.3 Å². The summed E-state index contributed by atoms with van der Waals surface area (Å²) in [6.07, 6.45) is 1.75. The molecule has 0 aliphatic carbocycles. The fourth-order valence-corrected chi connectivity index (χ4v) is 2.40. The van der Waals surface area contributed by atoms with Gasteiger partial charge in [0.15, 0.2) is 0 Å². The van der Waals surface area contributed by atoms with Crippen LogP contribution >= 0.6 is 0 Å². The van der Waals surface area contributed by atoms with Crippen molar-refractivity contribution in [3.63, 3.8) is 0 Å². The minimum Gasteiger partial charge on any atom is -0.495 e. The third-order valence-electron chi connectivity index (χ3n) is 3.32. The van der Waals surface area contributed by atoms with Gasteiger partial charge in [-0.05, 0) is 18.2 Å². The van der Waals surface area contributed by atoms with Gasteiger partial charge < -0.3 is 15.0 Å². The van der Waals surface area contributed by atoms with Crippen molar-refractivity contribution in [2.45, 2.75) is 0 Å². The van der Waals surface area contributed by atoms with Crippen molar-refractivity contribution in [2.75, 3.05) is 7.11 Å². The molecule has 3 aromatic rings. The number of benzene rings is 2. The molecule has 3 rings (SSSR count). The Morgan fingerprint density at radius 1 is 1.10 bits per heavy atom. The molecule has 1 amide bonds. The number of amides is 1. The van der Waals surface area contributed by atoms with Crippen molar-refractivity contribution < 1.29 is 9.53 Å². The van der Waals surface area contributed by atoms with E-state index in [0.717, 1.165) is 22.3 Å². The van der Waals surface area contributed by atoms with Gasteiger partial charge in [-0.2, -0.15) is 0 Å². The number of nitrogens with zero attached hydrogens (tertiary/aromatic N) is 1. The van der Waals surface area contributed by atoms with E-state index in [1.54, 1.807) is 13.3 Å². The smallest absolute Gasteiger partial charge is 0.250 e. The minimum absolute atomic E-state index is 0.435. The van der Waals surface area contributed by atoms with Crippen LogP contribution in [0.25, 0.3) is 16.6 Å². The third-order valence-corrected chi connectivity index (χ3v) is 3.32. The van der Waals surface area contributed by atoms with E-state index in [1.165, 1.54) is 0 Å². The second-order valence-electron chi connectivity index (χ2n) is 4.47. The highest BCUT2D eigenvalue weighted by atomic mass is 16.5. The summed E-state index contributed by atoms with van der Waals surface area (Å²) in [6.45, 7) is 0. The maximum atomic E-state index is 11.6. The maximum Gasteiger partial charge on any atom is 0.250 e. The largest absolute Gasteiger partial charge is 0.495 e. The van der Waals surface area contributed by atoms with Crippen molar-refractivity contribution >= 4 is 16.8 Å². The number of hydrogen-bond acceptors (Lipinski definition) is 2. The number of fused-ring (bicyclic) bond motifs is 1. The summed E-state index contributed by atoms with van der Waals surface area (Å²) in [4.78, 5) is 11.6. The lowest BCUT2D eigenvalue weighted by Gasteiger charge is -2.10. The molecule has 0 saturated carbocycles. The zero-order valence-electron chi connectivity index (χ0n) is 11.0. The van der Waals surface area contributed by atoms with Crippen LogP contribution in [0.3, 0.4) is 0 Å². The Morgan fingerprint density at radius 3 is 2.55 bits per heavy atom. The molecule has 0 unspecified atom stereocenters. The van der Waals surface area contributed by atoms with Gasteiger partial charge in [0, 0.05) is 11.6 Å². The van der Waals surface area contributed by atoms with E-state index in [1.807, 2.05) is 53.1 Å². The van der Waals surface area contributed by atoms with E-state index in [0.29, 0.717) is 5.56 Å². The normalized spacial score (nSPS) is 10.7. The van der Waals surface area contributed by atoms with Crippen LogP contribution in [0, 0.1) is 0 Å². The summed E-state index contributed by atoms with van der Waals surface area (Å²) < 4.78 is 7.31. The molecule has 2 aromatic carbocycles. The van der Waals surface area contributed by atoms with E-state index in [9.17, 15) is 4.79 Å². The summed E-state index contributed by atoms with van der Waals surface area (Å²) in [5, 5.41) is 0.839. The van der Waals surface area contributed by atoms with Gasteiger partial charge in [-0.15, -0.1) is 0 Å². The molecule has 20 heavy (non-hydrogen) atoms. The second kappa shape index (κ2) is 4.74. The Morgan fingerprint density at radius 2 is 1.80 bits per heavy atom. The van der Waals surface area contributed by atoms with Gasteiger partial charge >= 0.3 is 0 Å². The van der Waals surface area contributed by atoms with Gasteiger partial charge in [0.05, 0.1) is 23.9 Å². The van der Waals surface area contributed by atoms with Crippen LogP contribution in [0.15, 0.2) is 54.7 Å². The highest BCUT2D eigenvalue weighted by Gasteiger charge is 2.14. The summed E-state index contributed by atoms with van der Waals surface area (Å²) in [6, 6.07) is 15.3. The van der Waals surface area contributed by atoms with Gasteiger partial charge in [-0.25, -0.2) is 0 Å². The van der Waals surface area contributed by atoms with Crippen LogP contribution in [-0.2, 0) is 0 Å². The minimum atomic E-state index is -0.435. The molecular formula is C16H14N2O2. The monoisotopic (exact) mass is 266 g/mol. The third kappa shape index (κ3) is 1.82. The van der Waals surface area contributed by atoms with E-state index in [-0.39, 0.29) is 0 Å². The summed E-state index contributed by atoms with van der Waals surface area (Å²) >= 11 is 0. The molecule has 0 saturated heterocycles. The second-order valence-corrected chi connectivity index (χ2v) is 4.47. The lowest BCUT2D eigenvalue weighted by molar-refractivity contribution is 0.100. The van der Waals surface area contributed by atoms with Crippen molar-refractivity contribution in [3.8, 4) is 11.4 Å². The van der Waals surface area contributed by atoms with E-state index < -0.39 is 5.91 Å². The average molecular weight is 266 g/mol. The average Bonchev–Trinajstić information content (AvgIpc) is 2.87. The summed E-state index contributed by atoms with van der Waals surface area (Å²) in [5.74, 6) is 0.305. The molecule has 1 heterocycles. The van der Waals surface area contributed by atoms with Crippen LogP contribution < -0.4 is 10.5 Å². The molecule has 0 aliphatic rings. The van der Waals surface area contributed by atoms with Gasteiger partial charge in [0.2, 0.25) is 0 Å². The number of nitrogens with two attached hydrogens (primary N) is 1. The molecule has 0 radical (unpaired) electrons. The van der Waals surface area contributed by atoms with E-state index in [2.05, 4.69) is 0 Å². The number of para-hydroxylation sites is 3. The fourth-order valence-electron chi connectivity index (χ4n) is 2.40. The lowest BCUT2D eigenvalue weighted by atomic mass is 10.2. The predicted molar refractivity (Wildman–Crippen MR) is 78.3 cm³/mol. The van der Waals surface area contributed by atoms with Crippen LogP contribution in [0.5, 0.6) is 5.75 Å². The first kappa shape index (κ1) is 12.3. The SMILES string of the molecule is COc1ccccc1-n1cc(C(N)=O)c2ccccc21. The molecular weight excluding hydrogens is 252 g/mol. The molecule has 0 fully saturated rings. The highest BCUT2D eigenvalue weighted by molar-refractivity contribution is 6.06. The Kier molecular flexibility index (Phi) is 2.91. The van der Waals surface area contributed by atoms with Crippen LogP contribution in [0.1, 0.15) is 10.4 Å². The fraction of sp³-hybridized carbons (Fsp3) is 0.0625. The summed E-state index contributed by atoms with van der Waals surface area (Å²) in [7, 11) is 1.62. The number of methoxy groups -OCH3 is 1. The molecule has 0 atom stereocenters. The molecule has 0 spiro atoms. The maximum absolute atomic E-state index is 11.6. The van der Waals surface area contributed by atoms with Crippen molar-refractivity contribution in [3.05, 3.63) is 60.3 Å². The zero-order valence-corrected chi connectivity index (χ0v) is 11.0. The van der Waals surface area contributed by atoms with Gasteiger partial charge in [-0.3, -0.25) is 4.79 Å². The van der Waals surface area contributed by atoms with Crippen molar-refractivity contribution in [2.24, 2.45) is 5.73 Å². The number of ether oxygens (including phenoxy) is 1.